The van der Waals surface area contributed by atoms with Gasteiger partial charge in [-0.3, -0.25) is 14.8 Å². The number of nitrogens with zero attached hydrogens (tertiary/aromatic N) is 6. The van der Waals surface area contributed by atoms with Gasteiger partial charge in [0.2, 0.25) is 5.88 Å². The minimum atomic E-state index is -0.513. The van der Waals surface area contributed by atoms with Gasteiger partial charge in [0, 0.05) is 30.7 Å². The Bertz CT molecular complexity index is 1780. The lowest BCUT2D eigenvalue weighted by molar-refractivity contribution is 0.0953. The van der Waals surface area contributed by atoms with Crippen molar-refractivity contribution in [2.75, 3.05) is 0 Å². The summed E-state index contributed by atoms with van der Waals surface area (Å²) in [5.74, 6) is 0.305. The molecule has 13 heteroatoms. The van der Waals surface area contributed by atoms with E-state index in [4.69, 9.17) is 9.98 Å². The number of nitrogens with one attached hydrogen (secondary N) is 3. The molecule has 0 saturated heterocycles. The molecule has 1 aliphatic rings. The van der Waals surface area contributed by atoms with E-state index in [0.717, 1.165) is 23.5 Å². The number of hydrogen-bond donors (Lipinski definition) is 4. The second-order valence-electron chi connectivity index (χ2n) is 8.48. The van der Waals surface area contributed by atoms with Gasteiger partial charge in [-0.25, -0.2) is 14.8 Å². The third kappa shape index (κ3) is 4.20. The molecule has 0 radical (unpaired) electrons. The molecule has 5 aromatic rings. The minimum absolute atomic E-state index is 0.191. The Hall–Kier alpha value is -4.52. The molecule has 1 aliphatic carbocycles. The van der Waals surface area contributed by atoms with Gasteiger partial charge in [-0.15, -0.1) is 11.3 Å². The summed E-state index contributed by atoms with van der Waals surface area (Å²) in [5, 5.41) is 17.9. The molecule has 5 heterocycles. The van der Waals surface area contributed by atoms with Crippen molar-refractivity contribution in [2.24, 2.45) is 12.0 Å². The van der Waals surface area contributed by atoms with Crippen LogP contribution in [0.2, 0.25) is 0 Å². The van der Waals surface area contributed by atoms with Crippen LogP contribution >= 0.6 is 11.3 Å². The minimum Gasteiger partial charge on any atom is -0.493 e. The molecular formula is C23H21N9O3S. The second kappa shape index (κ2) is 8.61. The van der Waals surface area contributed by atoms with Crippen molar-refractivity contribution >= 4 is 29.0 Å². The number of H-pyrrole nitrogens is 2. The largest absolute Gasteiger partial charge is 0.493 e. The van der Waals surface area contributed by atoms with Crippen LogP contribution in [-0.4, -0.2) is 51.2 Å². The van der Waals surface area contributed by atoms with Gasteiger partial charge < -0.3 is 20.0 Å². The number of aromatic hydroxyl groups is 1. The van der Waals surface area contributed by atoms with Gasteiger partial charge >= 0.3 is 5.69 Å². The van der Waals surface area contributed by atoms with Crippen LogP contribution in [0.1, 0.15) is 34.0 Å². The highest BCUT2D eigenvalue weighted by atomic mass is 32.1. The quantitative estimate of drug-likeness (QED) is 0.263. The van der Waals surface area contributed by atoms with Crippen LogP contribution in [0.4, 0.5) is 0 Å². The molecule has 0 atom stereocenters. The van der Waals surface area contributed by atoms with E-state index in [1.807, 2.05) is 29.9 Å². The van der Waals surface area contributed by atoms with Crippen molar-refractivity contribution in [1.29, 1.82) is 0 Å². The fourth-order valence-electron chi connectivity index (χ4n) is 3.73. The average molecular weight is 504 g/mol. The van der Waals surface area contributed by atoms with Gasteiger partial charge in [0.1, 0.15) is 11.5 Å². The predicted octanol–water partition coefficient (Wildman–Crippen LogP) is 0.454. The van der Waals surface area contributed by atoms with Gasteiger partial charge in [0.05, 0.1) is 34.2 Å². The van der Waals surface area contributed by atoms with Crippen molar-refractivity contribution in [3.63, 3.8) is 0 Å². The smallest absolute Gasteiger partial charge is 0.326 e. The van der Waals surface area contributed by atoms with Gasteiger partial charge in [-0.05, 0) is 31.1 Å². The van der Waals surface area contributed by atoms with Crippen LogP contribution in [0.25, 0.3) is 22.3 Å². The maximum Gasteiger partial charge on any atom is 0.326 e. The molecule has 0 unspecified atom stereocenters. The maximum atomic E-state index is 12.7. The van der Waals surface area contributed by atoms with Gasteiger partial charge in [-0.2, -0.15) is 9.61 Å². The summed E-state index contributed by atoms with van der Waals surface area (Å²) in [5.41, 5.74) is 1.53. The zero-order chi connectivity index (χ0) is 24.8. The van der Waals surface area contributed by atoms with E-state index in [-0.39, 0.29) is 23.5 Å². The number of aryl methyl sites for hydroxylation is 1. The highest BCUT2D eigenvalue weighted by Crippen LogP contribution is 2.27. The molecule has 6 rings (SSSR count). The Kier molecular flexibility index (Phi) is 5.25. The molecule has 12 nitrogen and oxygen atoms in total. The lowest BCUT2D eigenvalue weighted by Gasteiger charge is -2.03. The standard InChI is InChI=1S/C23H21N9O3S/c1-31-7-6-24-19(31)11-25-22(34)17-5-4-16(36-17)14-9-18(27-13-2-3-13)32-20(28-14)12(10-26-32)8-15-21(33)30-23(35)29-15/h4-10,13,33H,2-3,11H2,1H3,(H,25,34)(H2,29,30,35)/b12-8-,27-18?. The number of aromatic amines is 2. The first-order valence-electron chi connectivity index (χ1n) is 11.2. The van der Waals surface area contributed by atoms with Crippen LogP contribution in [0.3, 0.4) is 0 Å². The van der Waals surface area contributed by atoms with E-state index in [1.54, 1.807) is 29.1 Å². The molecular weight excluding hydrogens is 482 g/mol. The SMILES string of the molecule is Cn1ccnc1CNC(=O)c1ccc(-c2cc(=NC3CC3)n3nc/c(=C/c4[nH]c(=O)[nH]c4O)c3n2)s1. The summed E-state index contributed by atoms with van der Waals surface area (Å²) in [7, 11) is 1.88. The fraction of sp³-hybridized carbons (Fsp3) is 0.217. The van der Waals surface area contributed by atoms with E-state index in [9.17, 15) is 14.7 Å². The van der Waals surface area contributed by atoms with Crippen molar-refractivity contribution in [2.45, 2.75) is 25.4 Å². The number of carbonyl (C=O) groups excluding carboxylic acids is 1. The number of carbonyl (C=O) groups is 1. The Morgan fingerprint density at radius 1 is 1.36 bits per heavy atom. The molecule has 1 fully saturated rings. The summed E-state index contributed by atoms with van der Waals surface area (Å²) < 4.78 is 3.50. The third-order valence-corrected chi connectivity index (χ3v) is 6.89. The van der Waals surface area contributed by atoms with Gasteiger partial charge in [-0.1, -0.05) is 0 Å². The van der Waals surface area contributed by atoms with Crippen molar-refractivity contribution < 1.29 is 9.90 Å². The maximum absolute atomic E-state index is 12.7. The highest BCUT2D eigenvalue weighted by Gasteiger charge is 2.21. The molecule has 5 aromatic heterocycles. The predicted molar refractivity (Wildman–Crippen MR) is 131 cm³/mol. The normalized spacial score (nSPS) is 14.7. The topological polar surface area (TPSA) is 158 Å². The molecule has 1 saturated carbocycles. The first-order chi connectivity index (χ1) is 17.4. The molecule has 1 amide bonds. The van der Waals surface area contributed by atoms with E-state index in [1.165, 1.54) is 11.3 Å². The first-order valence-corrected chi connectivity index (χ1v) is 12.1. The van der Waals surface area contributed by atoms with Gasteiger partial charge in [0.15, 0.2) is 11.1 Å². The van der Waals surface area contributed by atoms with Crippen molar-refractivity contribution in [1.82, 2.24) is 39.4 Å². The first kappa shape index (κ1) is 22.0. The average Bonchev–Trinajstić information content (AvgIpc) is 3.21. The second-order valence-corrected chi connectivity index (χ2v) is 9.57. The monoisotopic (exact) mass is 503 g/mol. The van der Waals surface area contributed by atoms with Crippen molar-refractivity contribution in [3.8, 4) is 16.5 Å². The summed E-state index contributed by atoms with van der Waals surface area (Å²) in [6, 6.07) is 5.73. The number of aromatic nitrogens is 7. The number of fused-ring (bicyclic) bond motifs is 1. The molecule has 36 heavy (non-hydrogen) atoms. The van der Waals surface area contributed by atoms with Gasteiger partial charge in [0.25, 0.3) is 5.91 Å². The number of imidazole rings is 2. The Balaban J connectivity index is 1.38. The fourth-order valence-corrected chi connectivity index (χ4v) is 4.62. The van der Waals surface area contributed by atoms with Crippen LogP contribution in [-0.2, 0) is 13.6 Å². The summed E-state index contributed by atoms with van der Waals surface area (Å²) in [6.45, 7) is 0.327. The third-order valence-electron chi connectivity index (χ3n) is 5.79. The lowest BCUT2D eigenvalue weighted by atomic mass is 10.3. The lowest BCUT2D eigenvalue weighted by Crippen LogP contribution is -2.23. The Labute approximate surface area is 206 Å². The number of hydrogen-bond acceptors (Lipinski definition) is 8. The van der Waals surface area contributed by atoms with Crippen LogP contribution in [0, 0.1) is 0 Å². The zero-order valence-corrected chi connectivity index (χ0v) is 19.9. The zero-order valence-electron chi connectivity index (χ0n) is 19.1. The van der Waals surface area contributed by atoms with Crippen molar-refractivity contribution in [3.05, 3.63) is 74.4 Å². The molecule has 0 spiro atoms. The Morgan fingerprint density at radius 3 is 2.94 bits per heavy atom. The summed E-state index contributed by atoms with van der Waals surface area (Å²) >= 11 is 1.33. The molecule has 182 valence electrons. The van der Waals surface area contributed by atoms with Crippen LogP contribution < -0.4 is 21.7 Å². The molecule has 0 aromatic carbocycles. The van der Waals surface area contributed by atoms with E-state index in [2.05, 4.69) is 25.4 Å². The van der Waals surface area contributed by atoms with E-state index < -0.39 is 5.69 Å². The Morgan fingerprint density at radius 2 is 2.22 bits per heavy atom. The summed E-state index contributed by atoms with van der Waals surface area (Å²) in [6.07, 6.45) is 8.77. The van der Waals surface area contributed by atoms with E-state index >= 15 is 0 Å². The van der Waals surface area contributed by atoms with Crippen LogP contribution in [0.5, 0.6) is 5.88 Å². The van der Waals surface area contributed by atoms with E-state index in [0.29, 0.717) is 33.5 Å². The highest BCUT2D eigenvalue weighted by molar-refractivity contribution is 7.17. The number of amides is 1. The summed E-state index contributed by atoms with van der Waals surface area (Å²) in [4.78, 5) is 44.2. The van der Waals surface area contributed by atoms with Crippen LogP contribution in [0.15, 0.2) is 46.6 Å². The molecule has 4 N–H and O–H groups in total. The molecule has 0 bridgehead atoms. The number of thiophene rings is 1. The number of rotatable bonds is 6. The molecule has 0 aliphatic heterocycles.